The Balaban J connectivity index is 3.00. The molecule has 0 fully saturated rings. The number of carbonyl (C=O) groups is 1. The van der Waals surface area contributed by atoms with Gasteiger partial charge in [0.1, 0.15) is 0 Å². The summed E-state index contributed by atoms with van der Waals surface area (Å²) in [4.78, 5) is 11.7. The summed E-state index contributed by atoms with van der Waals surface area (Å²) < 4.78 is 2.03. The zero-order valence-corrected chi connectivity index (χ0v) is 12.1. The van der Waals surface area contributed by atoms with Crippen molar-refractivity contribution in [2.24, 2.45) is 0 Å². The predicted octanol–water partition coefficient (Wildman–Crippen LogP) is 2.96. The highest BCUT2D eigenvalue weighted by Gasteiger charge is 2.18. The van der Waals surface area contributed by atoms with Crippen molar-refractivity contribution in [3.05, 3.63) is 17.0 Å². The molecule has 0 radical (unpaired) electrons. The van der Waals surface area contributed by atoms with Crippen LogP contribution in [0.15, 0.2) is 0 Å². The van der Waals surface area contributed by atoms with Gasteiger partial charge in [0.05, 0.1) is 17.8 Å². The van der Waals surface area contributed by atoms with Crippen molar-refractivity contribution in [1.29, 1.82) is 0 Å². The Bertz CT molecular complexity index is 385. The second-order valence-electron chi connectivity index (χ2n) is 3.95. The smallest absolute Gasteiger partial charge is 0.163 e. The molecule has 3 nitrogen and oxygen atoms in total. The Morgan fingerprint density at radius 3 is 2.47 bits per heavy atom. The molecule has 0 spiro atoms. The van der Waals surface area contributed by atoms with E-state index in [-0.39, 0.29) is 5.78 Å². The number of aromatic nitrogens is 2. The topological polar surface area (TPSA) is 34.9 Å². The van der Waals surface area contributed by atoms with Crippen molar-refractivity contribution >= 4 is 17.5 Å². The molecule has 0 unspecified atom stereocenters. The van der Waals surface area contributed by atoms with E-state index in [0.29, 0.717) is 0 Å². The molecule has 0 saturated carbocycles. The highest BCUT2D eigenvalue weighted by Crippen LogP contribution is 2.17. The fraction of sp³-hybridized carbons (Fsp3) is 0.692. The van der Waals surface area contributed by atoms with Gasteiger partial charge >= 0.3 is 0 Å². The number of aryl methyl sites for hydroxylation is 2. The highest BCUT2D eigenvalue weighted by molar-refractivity contribution is 7.99. The van der Waals surface area contributed by atoms with Gasteiger partial charge in [-0.3, -0.25) is 9.48 Å². The lowest BCUT2D eigenvalue weighted by molar-refractivity contribution is 0.101. The Kier molecular flexibility index (Phi) is 5.75. The van der Waals surface area contributed by atoms with E-state index in [2.05, 4.69) is 25.9 Å². The number of carbonyl (C=O) groups excluding carboxylic acids is 1. The van der Waals surface area contributed by atoms with Crippen LogP contribution in [0, 0.1) is 0 Å². The van der Waals surface area contributed by atoms with Gasteiger partial charge in [-0.2, -0.15) is 16.9 Å². The zero-order valence-electron chi connectivity index (χ0n) is 11.2. The van der Waals surface area contributed by atoms with E-state index in [1.165, 1.54) is 0 Å². The Labute approximate surface area is 108 Å². The van der Waals surface area contributed by atoms with Gasteiger partial charge in [0.2, 0.25) is 0 Å². The highest BCUT2D eigenvalue weighted by atomic mass is 32.2. The molecule has 1 heterocycles. The van der Waals surface area contributed by atoms with Gasteiger partial charge in [0.25, 0.3) is 0 Å². The summed E-state index contributed by atoms with van der Waals surface area (Å²) in [5, 5.41) is 4.58. The summed E-state index contributed by atoms with van der Waals surface area (Å²) in [6, 6.07) is 0. The minimum absolute atomic E-state index is 0.146. The molecule has 0 atom stereocenters. The first-order valence-corrected chi connectivity index (χ1v) is 7.48. The van der Waals surface area contributed by atoms with E-state index in [4.69, 9.17) is 0 Å². The van der Waals surface area contributed by atoms with Crippen molar-refractivity contribution in [2.75, 3.05) is 11.5 Å². The van der Waals surface area contributed by atoms with Crippen molar-refractivity contribution in [3.63, 3.8) is 0 Å². The normalized spacial score (nSPS) is 10.8. The molecule has 1 aromatic rings. The lowest BCUT2D eigenvalue weighted by Crippen LogP contribution is -2.08. The minimum Gasteiger partial charge on any atom is -0.294 e. The average Bonchev–Trinajstić information content (AvgIpc) is 2.67. The second kappa shape index (κ2) is 6.84. The maximum atomic E-state index is 11.7. The standard InChI is InChI=1S/C13H22N2OS/c1-5-11-13(10(4)16)12(6-2)15(14-11)8-9-17-7-3/h5-9H2,1-4H3. The van der Waals surface area contributed by atoms with E-state index >= 15 is 0 Å². The van der Waals surface area contributed by atoms with Crippen molar-refractivity contribution in [1.82, 2.24) is 9.78 Å². The molecule has 0 aliphatic rings. The summed E-state index contributed by atoms with van der Waals surface area (Å²) in [6.07, 6.45) is 1.70. The first kappa shape index (κ1) is 14.3. The quantitative estimate of drug-likeness (QED) is 0.554. The molecule has 17 heavy (non-hydrogen) atoms. The molecule has 96 valence electrons. The Morgan fingerprint density at radius 2 is 2.00 bits per heavy atom. The first-order valence-electron chi connectivity index (χ1n) is 6.32. The lowest BCUT2D eigenvalue weighted by atomic mass is 10.1. The van der Waals surface area contributed by atoms with Crippen LogP contribution in [0.4, 0.5) is 0 Å². The molecule has 0 aromatic carbocycles. The number of thioether (sulfide) groups is 1. The molecule has 1 aromatic heterocycles. The third-order valence-corrected chi connectivity index (χ3v) is 3.68. The SMILES string of the molecule is CCSCCn1nc(CC)c(C(C)=O)c1CC. The molecule has 0 aliphatic carbocycles. The van der Waals surface area contributed by atoms with Crippen LogP contribution in [-0.4, -0.2) is 27.1 Å². The van der Waals surface area contributed by atoms with Gasteiger partial charge in [0, 0.05) is 11.4 Å². The number of ketones is 1. The number of hydrogen-bond acceptors (Lipinski definition) is 3. The molecule has 0 aliphatic heterocycles. The van der Waals surface area contributed by atoms with Crippen LogP contribution in [-0.2, 0) is 19.4 Å². The van der Waals surface area contributed by atoms with Crippen LogP contribution in [0.5, 0.6) is 0 Å². The Hall–Kier alpha value is -0.770. The molecule has 0 bridgehead atoms. The van der Waals surface area contributed by atoms with Crippen LogP contribution in [0.3, 0.4) is 0 Å². The second-order valence-corrected chi connectivity index (χ2v) is 5.35. The largest absolute Gasteiger partial charge is 0.294 e. The van der Waals surface area contributed by atoms with Crippen LogP contribution in [0.2, 0.25) is 0 Å². The van der Waals surface area contributed by atoms with Crippen LogP contribution in [0.25, 0.3) is 0 Å². The van der Waals surface area contributed by atoms with Gasteiger partial charge < -0.3 is 0 Å². The van der Waals surface area contributed by atoms with Gasteiger partial charge in [-0.05, 0) is 25.5 Å². The molecule has 0 N–H and O–H groups in total. The van der Waals surface area contributed by atoms with Crippen molar-refractivity contribution in [3.8, 4) is 0 Å². The summed E-state index contributed by atoms with van der Waals surface area (Å²) >= 11 is 1.91. The van der Waals surface area contributed by atoms with E-state index in [0.717, 1.165) is 47.8 Å². The summed E-state index contributed by atoms with van der Waals surface area (Å²) in [7, 11) is 0. The van der Waals surface area contributed by atoms with Crippen LogP contribution < -0.4 is 0 Å². The monoisotopic (exact) mass is 254 g/mol. The van der Waals surface area contributed by atoms with Gasteiger partial charge in [-0.1, -0.05) is 20.8 Å². The third-order valence-electron chi connectivity index (χ3n) is 2.80. The molecular weight excluding hydrogens is 232 g/mol. The number of rotatable bonds is 7. The van der Waals surface area contributed by atoms with Crippen LogP contribution >= 0.6 is 11.8 Å². The molecular formula is C13H22N2OS. The maximum Gasteiger partial charge on any atom is 0.163 e. The number of nitrogens with zero attached hydrogens (tertiary/aromatic N) is 2. The first-order chi connectivity index (χ1) is 8.15. The Morgan fingerprint density at radius 1 is 1.29 bits per heavy atom. The van der Waals surface area contributed by atoms with E-state index in [1.807, 2.05) is 16.4 Å². The number of Topliss-reactive ketones (excluding diaryl/α,β-unsaturated/α-hetero) is 1. The van der Waals surface area contributed by atoms with Crippen LogP contribution in [0.1, 0.15) is 49.4 Å². The number of hydrogen-bond donors (Lipinski definition) is 0. The minimum atomic E-state index is 0.146. The molecule has 4 heteroatoms. The van der Waals surface area contributed by atoms with E-state index in [9.17, 15) is 4.79 Å². The van der Waals surface area contributed by atoms with Gasteiger partial charge in [-0.25, -0.2) is 0 Å². The summed E-state index contributed by atoms with van der Waals surface area (Å²) in [5.74, 6) is 2.34. The van der Waals surface area contributed by atoms with E-state index in [1.54, 1.807) is 6.92 Å². The fourth-order valence-electron chi connectivity index (χ4n) is 2.05. The molecule has 0 amide bonds. The summed E-state index contributed by atoms with van der Waals surface area (Å²) in [5.41, 5.74) is 2.92. The van der Waals surface area contributed by atoms with Crippen molar-refractivity contribution < 1.29 is 4.79 Å². The predicted molar refractivity (Wildman–Crippen MR) is 74.0 cm³/mol. The van der Waals surface area contributed by atoms with Gasteiger partial charge in [-0.15, -0.1) is 0 Å². The average molecular weight is 254 g/mol. The molecule has 1 rings (SSSR count). The fourth-order valence-corrected chi connectivity index (χ4v) is 2.64. The molecule has 0 saturated heterocycles. The zero-order chi connectivity index (χ0) is 12.8. The maximum absolute atomic E-state index is 11.7. The lowest BCUT2D eigenvalue weighted by Gasteiger charge is -2.06. The van der Waals surface area contributed by atoms with E-state index < -0.39 is 0 Å². The van der Waals surface area contributed by atoms with Gasteiger partial charge in [0.15, 0.2) is 5.78 Å². The summed E-state index contributed by atoms with van der Waals surface area (Å²) in [6.45, 7) is 8.85. The third kappa shape index (κ3) is 3.35. The van der Waals surface area contributed by atoms with Crippen molar-refractivity contribution in [2.45, 2.75) is 47.1 Å².